The molecule has 0 aliphatic carbocycles. The smallest absolute Gasteiger partial charge is 0.00395 e. The van der Waals surface area contributed by atoms with Gasteiger partial charge in [0.05, 0.1) is 0 Å². The number of hydrogen-bond donors (Lipinski definition) is 1. The third kappa shape index (κ3) is 29.2. The first kappa shape index (κ1) is 41.8. The van der Waals surface area contributed by atoms with Crippen molar-refractivity contribution in [2.75, 3.05) is 31.3 Å². The Morgan fingerprint density at radius 1 is 0.474 bits per heavy atom. The Morgan fingerprint density at radius 3 is 0.842 bits per heavy atom. The fourth-order valence-corrected chi connectivity index (χ4v) is 17.0. The van der Waals surface area contributed by atoms with Crippen LogP contribution in [-0.4, -0.2) is 31.3 Å². The lowest BCUT2D eigenvalue weighted by atomic mass is 9.86. The molecule has 0 nitrogen and oxygen atoms in total. The molecule has 0 amide bonds. The van der Waals surface area contributed by atoms with E-state index in [4.69, 9.17) is 35.9 Å². The number of hydrogen-bond acceptors (Lipinski definition) is 2. The van der Waals surface area contributed by atoms with E-state index < -0.39 is 11.3 Å². The van der Waals surface area contributed by atoms with Gasteiger partial charge in [-0.2, -0.15) is 0 Å². The van der Waals surface area contributed by atoms with Crippen LogP contribution in [0, 0.1) is 45.3 Å². The topological polar surface area (TPSA) is 0 Å². The number of rotatable bonds is 12. The van der Waals surface area contributed by atoms with Crippen molar-refractivity contribution in [3.63, 3.8) is 0 Å². The summed E-state index contributed by atoms with van der Waals surface area (Å²) < 4.78 is 0. The predicted octanol–water partition coefficient (Wildman–Crippen LogP) is 12.7. The van der Waals surface area contributed by atoms with E-state index in [-0.39, 0.29) is 0 Å². The zero-order chi connectivity index (χ0) is 31.0. The Bertz CT molecular complexity index is 624. The maximum Gasteiger partial charge on any atom is 0.00395 e. The third-order valence-electron chi connectivity index (χ3n) is 6.43. The summed E-state index contributed by atoms with van der Waals surface area (Å²) in [4.78, 5) is 0. The summed E-state index contributed by atoms with van der Waals surface area (Å²) in [5.41, 5.74) is 1.68. The van der Waals surface area contributed by atoms with Gasteiger partial charge in [-0.1, -0.05) is 134 Å². The van der Waals surface area contributed by atoms with Crippen LogP contribution >= 0.6 is 23.5 Å². The summed E-state index contributed by atoms with van der Waals surface area (Å²) >= 11 is 16.7. The van der Waals surface area contributed by atoms with Gasteiger partial charge < -0.3 is 0 Å². The highest BCUT2D eigenvalue weighted by Gasteiger charge is 2.26. The third-order valence-corrected chi connectivity index (χ3v) is 14.4. The molecule has 0 fully saturated rings. The van der Waals surface area contributed by atoms with Gasteiger partial charge >= 0.3 is 0 Å². The summed E-state index contributed by atoms with van der Waals surface area (Å²) in [6, 6.07) is -1.14. The molecule has 0 spiro atoms. The van der Waals surface area contributed by atoms with Gasteiger partial charge in [0.1, 0.15) is 0 Å². The first-order valence-corrected chi connectivity index (χ1v) is 23.2. The molecule has 0 aromatic carbocycles. The summed E-state index contributed by atoms with van der Waals surface area (Å²) in [6.07, 6.45) is 9.97. The molecule has 0 aromatic rings. The lowest BCUT2D eigenvalue weighted by Gasteiger charge is -2.30. The van der Waals surface area contributed by atoms with Crippen LogP contribution in [0.15, 0.2) is 0 Å². The molecule has 0 aliphatic heterocycles. The minimum Gasteiger partial charge on any atom is -0.141 e. The van der Waals surface area contributed by atoms with Crippen molar-refractivity contribution in [2.45, 2.75) is 136 Å². The Hall–Kier alpha value is 1.65. The summed E-state index contributed by atoms with van der Waals surface area (Å²) in [5.74, 6) is 2.95. The zero-order valence-electron chi connectivity index (χ0n) is 29.1. The quantitative estimate of drug-likeness (QED) is 0.169. The molecule has 0 aliphatic rings. The van der Waals surface area contributed by atoms with Crippen molar-refractivity contribution in [1.29, 1.82) is 0 Å². The van der Waals surface area contributed by atoms with Gasteiger partial charge in [0.25, 0.3) is 0 Å². The van der Waals surface area contributed by atoms with Crippen LogP contribution in [-0.2, 0) is 23.6 Å². The van der Waals surface area contributed by atoms with E-state index in [2.05, 4.69) is 117 Å². The summed E-state index contributed by atoms with van der Waals surface area (Å²) in [6.45, 7) is 39.8. The van der Waals surface area contributed by atoms with Gasteiger partial charge in [-0.05, 0) is 108 Å². The van der Waals surface area contributed by atoms with Crippen LogP contribution in [0.5, 0.6) is 0 Å². The highest BCUT2D eigenvalue weighted by atomic mass is 32.9. The van der Waals surface area contributed by atoms with Gasteiger partial charge in [0.2, 0.25) is 0 Å². The molecule has 0 radical (unpaired) electrons. The Balaban J connectivity index is 0. The lowest BCUT2D eigenvalue weighted by Crippen LogP contribution is -2.17. The van der Waals surface area contributed by atoms with Gasteiger partial charge in [-0.15, -0.1) is 12.2 Å². The van der Waals surface area contributed by atoms with Crippen LogP contribution < -0.4 is 0 Å². The average molecular weight is 627 g/mol. The summed E-state index contributed by atoms with van der Waals surface area (Å²) in [7, 11) is 0. The number of thiol groups is 1. The molecule has 4 atom stereocenters. The molecular formula is C33H72P2S3. The lowest BCUT2D eigenvalue weighted by molar-refractivity contribution is 0.318. The Kier molecular flexibility index (Phi) is 18.1. The van der Waals surface area contributed by atoms with Crippen molar-refractivity contribution in [2.24, 2.45) is 45.3 Å². The van der Waals surface area contributed by atoms with Crippen LogP contribution in [0.4, 0.5) is 0 Å². The van der Waals surface area contributed by atoms with Gasteiger partial charge in [0, 0.05) is 5.24 Å². The van der Waals surface area contributed by atoms with Gasteiger partial charge in [-0.3, -0.25) is 0 Å². The molecule has 0 saturated heterocycles. The molecule has 0 rings (SSSR count). The van der Waals surface area contributed by atoms with Crippen LogP contribution in [0.1, 0.15) is 136 Å². The second-order valence-corrected chi connectivity index (χ2v) is 32.0. The van der Waals surface area contributed by atoms with Crippen molar-refractivity contribution >= 4 is 47.1 Å². The molecule has 0 N–H and O–H groups in total. The van der Waals surface area contributed by atoms with E-state index in [1.165, 1.54) is 38.0 Å². The fourth-order valence-electron chi connectivity index (χ4n) is 6.88. The Morgan fingerprint density at radius 2 is 0.658 bits per heavy atom. The second kappa shape index (κ2) is 16.5. The molecular weight excluding hydrogens is 555 g/mol. The normalized spacial score (nSPS) is 19.8. The van der Waals surface area contributed by atoms with Gasteiger partial charge in [0.15, 0.2) is 0 Å². The first-order valence-electron chi connectivity index (χ1n) is 15.3. The van der Waals surface area contributed by atoms with Crippen LogP contribution in [0.25, 0.3) is 0 Å². The van der Waals surface area contributed by atoms with E-state index in [9.17, 15) is 0 Å². The van der Waals surface area contributed by atoms with E-state index in [0.29, 0.717) is 33.5 Å². The molecule has 0 heterocycles. The van der Waals surface area contributed by atoms with Crippen molar-refractivity contribution < 1.29 is 0 Å². The van der Waals surface area contributed by atoms with Gasteiger partial charge in [-0.25, -0.2) is 0 Å². The maximum atomic E-state index is 5.99. The SMILES string of the molecule is CC(CC(C)(C)C)CP(=S)(S)CC(C)CC(C)(C)C.CC(CC(C)(C)C)CP(C)(=S)CC(C)CC(C)(C)C. The highest BCUT2D eigenvalue weighted by molar-refractivity contribution is 8.63. The highest BCUT2D eigenvalue weighted by Crippen LogP contribution is 2.55. The zero-order valence-corrected chi connectivity index (χ0v) is 33.4. The first-order chi connectivity index (χ1) is 16.4. The predicted molar refractivity (Wildman–Crippen MR) is 196 cm³/mol. The second-order valence-electron chi connectivity index (χ2n) is 18.4. The summed E-state index contributed by atoms with van der Waals surface area (Å²) in [5, 5.41) is -1.45. The molecule has 0 saturated carbocycles. The molecule has 0 aromatic heterocycles. The Labute approximate surface area is 259 Å². The van der Waals surface area contributed by atoms with Crippen molar-refractivity contribution in [3.05, 3.63) is 0 Å². The molecule has 4 unspecified atom stereocenters. The average Bonchev–Trinajstić information content (AvgIpc) is 2.43. The fraction of sp³-hybridized carbons (Fsp3) is 1.00. The van der Waals surface area contributed by atoms with Crippen molar-refractivity contribution in [3.8, 4) is 0 Å². The van der Waals surface area contributed by atoms with Crippen LogP contribution in [0.2, 0.25) is 0 Å². The van der Waals surface area contributed by atoms with E-state index >= 15 is 0 Å². The van der Waals surface area contributed by atoms with E-state index in [1.807, 2.05) is 0 Å². The van der Waals surface area contributed by atoms with E-state index in [0.717, 1.165) is 24.2 Å². The minimum atomic E-state index is -1.45. The minimum absolute atomic E-state index is 0.402. The maximum absolute atomic E-state index is 5.99. The molecule has 5 heteroatoms. The monoisotopic (exact) mass is 626 g/mol. The molecule has 38 heavy (non-hydrogen) atoms. The van der Waals surface area contributed by atoms with Crippen LogP contribution in [0.3, 0.4) is 0 Å². The molecule has 0 bridgehead atoms. The standard InChI is InChI=1S/C17H37PS.C16H35PS2/c1-14(10-16(3,4)5)12-18(9,19)13-15(2)11-17(6,7)8;1-13(9-15(3,4)5)11-17(18,19)12-14(2)10-16(6,7)8/h14-15H,10-13H2,1-9H3;13-14H,9-12H2,1-8H3,(H,18,19). The van der Waals surface area contributed by atoms with E-state index in [1.54, 1.807) is 0 Å². The largest absolute Gasteiger partial charge is 0.141 e. The van der Waals surface area contributed by atoms with Crippen molar-refractivity contribution in [1.82, 2.24) is 0 Å². The molecule has 232 valence electrons.